The van der Waals surface area contributed by atoms with Gasteiger partial charge in [0.1, 0.15) is 10.8 Å². The molecule has 4 nitrogen and oxygen atoms in total. The van der Waals surface area contributed by atoms with Crippen molar-refractivity contribution in [2.75, 3.05) is 10.5 Å². The molecule has 1 aromatic rings. The van der Waals surface area contributed by atoms with Crippen LogP contribution in [-0.2, 0) is 14.8 Å². The first-order chi connectivity index (χ1) is 10.4. The highest BCUT2D eigenvalue weighted by Crippen LogP contribution is 2.60. The van der Waals surface area contributed by atoms with E-state index in [0.717, 1.165) is 19.3 Å². The average Bonchev–Trinajstić information content (AvgIpc) is 2.88. The van der Waals surface area contributed by atoms with E-state index in [2.05, 4.69) is 4.72 Å². The molecule has 4 bridgehead atoms. The van der Waals surface area contributed by atoms with Crippen molar-refractivity contribution in [2.24, 2.45) is 23.2 Å². The minimum Gasteiger partial charge on any atom is -0.298 e. The number of thiophene rings is 1. The molecule has 1 aromatic heterocycles. The van der Waals surface area contributed by atoms with Gasteiger partial charge in [-0.05, 0) is 73.8 Å². The van der Waals surface area contributed by atoms with E-state index >= 15 is 0 Å². The summed E-state index contributed by atoms with van der Waals surface area (Å²) in [5.41, 5.74) is -0.334. The van der Waals surface area contributed by atoms with Crippen LogP contribution in [0.2, 0.25) is 0 Å². The second-order valence-corrected chi connectivity index (χ2v) is 10.1. The zero-order chi connectivity index (χ0) is 15.4. The lowest BCUT2D eigenvalue weighted by Crippen LogP contribution is -2.51. The van der Waals surface area contributed by atoms with Gasteiger partial charge in [0.25, 0.3) is 0 Å². The quantitative estimate of drug-likeness (QED) is 0.895. The normalized spacial score (nSPS) is 36.5. The Morgan fingerprint density at radius 1 is 1.18 bits per heavy atom. The molecule has 0 unspecified atom stereocenters. The van der Waals surface area contributed by atoms with Gasteiger partial charge in [-0.25, -0.2) is 8.42 Å². The smallest absolute Gasteiger partial charge is 0.240 e. The van der Waals surface area contributed by atoms with Crippen LogP contribution in [0.4, 0.5) is 5.00 Å². The molecular formula is C16H21NO3S2. The second kappa shape index (κ2) is 5.06. The number of Topliss-reactive ketones (excluding diaryl/α,β-unsaturated/α-hetero) is 1. The molecule has 6 heteroatoms. The average molecular weight is 339 g/mol. The second-order valence-electron chi connectivity index (χ2n) is 7.46. The Bertz CT molecular complexity index is 643. The Hall–Kier alpha value is -0.880. The molecule has 4 fully saturated rings. The van der Waals surface area contributed by atoms with Crippen molar-refractivity contribution in [1.82, 2.24) is 0 Å². The fourth-order valence-corrected chi connectivity index (χ4v) is 7.44. The molecule has 1 N–H and O–H groups in total. The van der Waals surface area contributed by atoms with E-state index in [1.54, 1.807) is 12.1 Å². The molecule has 4 aliphatic rings. The summed E-state index contributed by atoms with van der Waals surface area (Å²) in [5.74, 6) is 1.56. The molecule has 120 valence electrons. The van der Waals surface area contributed by atoms with Gasteiger partial charge in [0.15, 0.2) is 5.78 Å². The number of carbonyl (C=O) groups excluding carboxylic acids is 1. The van der Waals surface area contributed by atoms with Crippen LogP contribution < -0.4 is 4.72 Å². The number of sulfonamides is 1. The molecule has 0 spiro atoms. The Labute approximate surface area is 135 Å². The minimum absolute atomic E-state index is 0.0457. The summed E-state index contributed by atoms with van der Waals surface area (Å²) in [6.07, 6.45) is 6.54. The molecule has 0 aliphatic heterocycles. The van der Waals surface area contributed by atoms with Gasteiger partial charge in [0.2, 0.25) is 10.0 Å². The van der Waals surface area contributed by atoms with Crippen molar-refractivity contribution < 1.29 is 13.2 Å². The maximum Gasteiger partial charge on any atom is 0.240 e. The molecule has 0 radical (unpaired) electrons. The summed E-state index contributed by atoms with van der Waals surface area (Å²) < 4.78 is 27.1. The van der Waals surface area contributed by atoms with Crippen molar-refractivity contribution in [3.8, 4) is 0 Å². The zero-order valence-corrected chi connectivity index (χ0v) is 14.1. The van der Waals surface area contributed by atoms with E-state index in [4.69, 9.17) is 0 Å². The van der Waals surface area contributed by atoms with Gasteiger partial charge in [0.05, 0.1) is 0 Å². The standard InChI is InChI=1S/C16H21NO3S2/c18-14(10-22(19,20)17-15-2-1-3-21-15)16-7-11-4-12(8-16)6-13(5-11)9-16/h1-3,11-13,17H,4-10H2. The highest BCUT2D eigenvalue weighted by molar-refractivity contribution is 7.93. The van der Waals surface area contributed by atoms with Gasteiger partial charge >= 0.3 is 0 Å². The van der Waals surface area contributed by atoms with Gasteiger partial charge in [-0.1, -0.05) is 0 Å². The summed E-state index contributed by atoms with van der Waals surface area (Å²) in [4.78, 5) is 12.8. The van der Waals surface area contributed by atoms with Crippen LogP contribution in [-0.4, -0.2) is 20.0 Å². The first kappa shape index (κ1) is 14.7. The van der Waals surface area contributed by atoms with E-state index in [0.29, 0.717) is 22.8 Å². The molecule has 0 atom stereocenters. The molecule has 0 saturated heterocycles. The van der Waals surface area contributed by atoms with Gasteiger partial charge in [-0.15, -0.1) is 11.3 Å². The Morgan fingerprint density at radius 3 is 2.27 bits per heavy atom. The van der Waals surface area contributed by atoms with Crippen molar-refractivity contribution in [3.05, 3.63) is 17.5 Å². The summed E-state index contributed by atoms with van der Waals surface area (Å²) in [5, 5.41) is 2.40. The highest BCUT2D eigenvalue weighted by Gasteiger charge is 2.54. The molecule has 1 heterocycles. The molecule has 4 saturated carbocycles. The largest absolute Gasteiger partial charge is 0.298 e. The number of carbonyl (C=O) groups is 1. The van der Waals surface area contributed by atoms with E-state index in [1.807, 2.05) is 5.38 Å². The Kier molecular flexibility index (Phi) is 3.38. The molecule has 4 aliphatic carbocycles. The Morgan fingerprint density at radius 2 is 1.77 bits per heavy atom. The number of ketones is 1. The third kappa shape index (κ3) is 2.60. The summed E-state index contributed by atoms with van der Waals surface area (Å²) in [6, 6.07) is 3.51. The maximum absolute atomic E-state index is 12.8. The summed E-state index contributed by atoms with van der Waals surface area (Å²) in [7, 11) is -3.59. The molecular weight excluding hydrogens is 318 g/mol. The number of rotatable bonds is 5. The zero-order valence-electron chi connectivity index (χ0n) is 12.5. The molecule has 22 heavy (non-hydrogen) atoms. The number of hydrogen-bond acceptors (Lipinski definition) is 4. The van der Waals surface area contributed by atoms with Gasteiger partial charge in [-0.3, -0.25) is 9.52 Å². The van der Waals surface area contributed by atoms with E-state index in [-0.39, 0.29) is 17.0 Å². The predicted octanol–water partition coefficient (Wildman–Crippen LogP) is 3.28. The van der Waals surface area contributed by atoms with Crippen LogP contribution in [0.25, 0.3) is 0 Å². The minimum atomic E-state index is -3.59. The van der Waals surface area contributed by atoms with E-state index < -0.39 is 10.0 Å². The summed E-state index contributed by atoms with van der Waals surface area (Å²) >= 11 is 1.33. The Balaban J connectivity index is 1.50. The van der Waals surface area contributed by atoms with Crippen LogP contribution in [0.1, 0.15) is 38.5 Å². The third-order valence-corrected chi connectivity index (χ3v) is 7.82. The number of hydrogen-bond donors (Lipinski definition) is 1. The van der Waals surface area contributed by atoms with Crippen molar-refractivity contribution in [3.63, 3.8) is 0 Å². The van der Waals surface area contributed by atoms with Crippen molar-refractivity contribution >= 4 is 32.1 Å². The van der Waals surface area contributed by atoms with Crippen molar-refractivity contribution in [2.45, 2.75) is 38.5 Å². The SMILES string of the molecule is O=C(CS(=O)(=O)Nc1cccs1)C12CC3CC(CC(C3)C1)C2. The van der Waals surface area contributed by atoms with Crippen LogP contribution in [0.15, 0.2) is 17.5 Å². The van der Waals surface area contributed by atoms with Crippen LogP contribution in [0, 0.1) is 23.2 Å². The van der Waals surface area contributed by atoms with Crippen molar-refractivity contribution in [1.29, 1.82) is 0 Å². The maximum atomic E-state index is 12.8. The lowest BCUT2D eigenvalue weighted by Gasteiger charge is -2.55. The van der Waals surface area contributed by atoms with Gasteiger partial charge < -0.3 is 0 Å². The monoisotopic (exact) mass is 339 g/mol. The van der Waals surface area contributed by atoms with Crippen LogP contribution >= 0.6 is 11.3 Å². The van der Waals surface area contributed by atoms with Crippen LogP contribution in [0.3, 0.4) is 0 Å². The number of anilines is 1. The fourth-order valence-electron chi connectivity index (χ4n) is 5.30. The summed E-state index contributed by atoms with van der Waals surface area (Å²) in [6.45, 7) is 0. The highest BCUT2D eigenvalue weighted by atomic mass is 32.2. The fraction of sp³-hybridized carbons (Fsp3) is 0.688. The van der Waals surface area contributed by atoms with E-state index in [9.17, 15) is 13.2 Å². The van der Waals surface area contributed by atoms with Crippen LogP contribution in [0.5, 0.6) is 0 Å². The lowest BCUT2D eigenvalue weighted by atomic mass is 9.48. The molecule has 0 aromatic carbocycles. The lowest BCUT2D eigenvalue weighted by molar-refractivity contribution is -0.141. The third-order valence-electron chi connectivity index (χ3n) is 5.73. The van der Waals surface area contributed by atoms with Gasteiger partial charge in [-0.2, -0.15) is 0 Å². The topological polar surface area (TPSA) is 63.2 Å². The van der Waals surface area contributed by atoms with E-state index in [1.165, 1.54) is 30.6 Å². The number of nitrogens with one attached hydrogen (secondary N) is 1. The first-order valence-electron chi connectivity index (χ1n) is 8.01. The predicted molar refractivity (Wildman–Crippen MR) is 87.3 cm³/mol. The molecule has 0 amide bonds. The first-order valence-corrected chi connectivity index (χ1v) is 10.5. The van der Waals surface area contributed by atoms with Gasteiger partial charge in [0, 0.05) is 5.41 Å². The molecule has 5 rings (SSSR count).